The highest BCUT2D eigenvalue weighted by Crippen LogP contribution is 2.39. The molecular formula is C17H21N3O3. The van der Waals surface area contributed by atoms with Gasteiger partial charge in [-0.3, -0.25) is 9.59 Å². The predicted octanol–water partition coefficient (Wildman–Crippen LogP) is 1.44. The quantitative estimate of drug-likeness (QED) is 0.818. The predicted molar refractivity (Wildman–Crippen MR) is 86.9 cm³/mol. The van der Waals surface area contributed by atoms with Gasteiger partial charge in [0.25, 0.3) is 5.91 Å². The Kier molecular flexibility index (Phi) is 4.34. The van der Waals surface area contributed by atoms with E-state index in [-0.39, 0.29) is 12.2 Å². The summed E-state index contributed by atoms with van der Waals surface area (Å²) in [5.74, 6) is 1.13. The number of nitrogens with two attached hydrogens (primary N) is 2. The molecule has 1 atom stereocenters. The van der Waals surface area contributed by atoms with E-state index in [1.807, 2.05) is 6.07 Å². The number of carbonyl (C=O) groups excluding carboxylic acids is 2. The van der Waals surface area contributed by atoms with Gasteiger partial charge >= 0.3 is 0 Å². The highest BCUT2D eigenvalue weighted by Gasteiger charge is 2.35. The van der Waals surface area contributed by atoms with Crippen LogP contribution >= 0.6 is 0 Å². The van der Waals surface area contributed by atoms with Crippen molar-refractivity contribution in [2.45, 2.75) is 18.8 Å². The van der Waals surface area contributed by atoms with E-state index < -0.39 is 5.91 Å². The Morgan fingerprint density at radius 2 is 1.96 bits per heavy atom. The fourth-order valence-electron chi connectivity index (χ4n) is 3.74. The zero-order valence-corrected chi connectivity index (χ0v) is 12.9. The molecule has 1 aromatic heterocycles. The number of carbonyl (C=O) groups is 2. The van der Waals surface area contributed by atoms with Gasteiger partial charge in [-0.05, 0) is 55.5 Å². The average molecular weight is 315 g/mol. The molecule has 3 aliphatic heterocycles. The lowest BCUT2D eigenvalue weighted by Crippen LogP contribution is -2.46. The smallest absolute Gasteiger partial charge is 0.284 e. The van der Waals surface area contributed by atoms with Gasteiger partial charge in [-0.1, -0.05) is 12.1 Å². The SMILES string of the molecule is NC(=O)c1cc2ccc([C@@H]3CN4CCC3CC4)cc2o1.NC=O. The van der Waals surface area contributed by atoms with Crippen LogP contribution < -0.4 is 11.5 Å². The number of furan rings is 1. The van der Waals surface area contributed by atoms with Crippen LogP contribution in [-0.4, -0.2) is 36.9 Å². The number of piperidine rings is 3. The summed E-state index contributed by atoms with van der Waals surface area (Å²) in [4.78, 5) is 22.3. The Morgan fingerprint density at radius 1 is 1.26 bits per heavy atom. The summed E-state index contributed by atoms with van der Waals surface area (Å²) in [7, 11) is 0. The maximum absolute atomic E-state index is 11.2. The van der Waals surface area contributed by atoms with E-state index in [1.54, 1.807) is 6.07 Å². The van der Waals surface area contributed by atoms with Crippen molar-refractivity contribution < 1.29 is 14.0 Å². The normalized spacial score (nSPS) is 25.7. The van der Waals surface area contributed by atoms with E-state index in [9.17, 15) is 4.79 Å². The van der Waals surface area contributed by atoms with Gasteiger partial charge < -0.3 is 20.8 Å². The third kappa shape index (κ3) is 3.07. The van der Waals surface area contributed by atoms with E-state index in [0.29, 0.717) is 5.92 Å². The summed E-state index contributed by atoms with van der Waals surface area (Å²) in [5, 5.41) is 0.948. The van der Waals surface area contributed by atoms with Crippen LogP contribution in [0.5, 0.6) is 0 Å². The fourth-order valence-corrected chi connectivity index (χ4v) is 3.74. The zero-order chi connectivity index (χ0) is 16.4. The molecule has 0 aliphatic carbocycles. The van der Waals surface area contributed by atoms with Crippen molar-refractivity contribution in [3.63, 3.8) is 0 Å². The van der Waals surface area contributed by atoms with Crippen LogP contribution in [0, 0.1) is 5.92 Å². The molecule has 1 aromatic carbocycles. The van der Waals surface area contributed by atoms with Crippen molar-refractivity contribution in [1.29, 1.82) is 0 Å². The van der Waals surface area contributed by atoms with Gasteiger partial charge in [-0.15, -0.1) is 0 Å². The second-order valence-corrected chi connectivity index (χ2v) is 6.15. The van der Waals surface area contributed by atoms with Crippen LogP contribution in [0.15, 0.2) is 28.7 Å². The fraction of sp³-hybridized carbons (Fsp3) is 0.412. The number of benzene rings is 1. The van der Waals surface area contributed by atoms with Crippen molar-refractivity contribution in [2.75, 3.05) is 19.6 Å². The largest absolute Gasteiger partial charge is 0.451 e. The van der Waals surface area contributed by atoms with Gasteiger partial charge in [-0.2, -0.15) is 0 Å². The lowest BCUT2D eigenvalue weighted by Gasteiger charge is -2.45. The third-order valence-corrected chi connectivity index (χ3v) is 4.87. The van der Waals surface area contributed by atoms with Crippen molar-refractivity contribution in [3.8, 4) is 0 Å². The number of rotatable bonds is 2. The van der Waals surface area contributed by atoms with E-state index in [0.717, 1.165) is 23.4 Å². The molecule has 6 nitrogen and oxygen atoms in total. The number of nitrogens with zero attached hydrogens (tertiary/aromatic N) is 1. The minimum atomic E-state index is -0.509. The Labute approximate surface area is 134 Å². The molecule has 0 unspecified atom stereocenters. The highest BCUT2D eigenvalue weighted by molar-refractivity contribution is 5.95. The first-order valence-electron chi connectivity index (χ1n) is 7.83. The van der Waals surface area contributed by atoms with Crippen LogP contribution in [0.2, 0.25) is 0 Å². The second kappa shape index (κ2) is 6.42. The molecular weight excluding hydrogens is 294 g/mol. The summed E-state index contributed by atoms with van der Waals surface area (Å²) in [6.45, 7) is 3.64. The molecule has 0 radical (unpaired) electrons. The molecule has 4 heterocycles. The van der Waals surface area contributed by atoms with Crippen LogP contribution in [0.25, 0.3) is 11.0 Å². The molecule has 0 saturated carbocycles. The maximum Gasteiger partial charge on any atom is 0.284 e. The molecule has 2 aromatic rings. The molecule has 4 N–H and O–H groups in total. The Hall–Kier alpha value is -2.34. The number of hydrogen-bond donors (Lipinski definition) is 2. The van der Waals surface area contributed by atoms with Gasteiger partial charge in [0.2, 0.25) is 6.41 Å². The average Bonchev–Trinajstić information content (AvgIpc) is 3.00. The number of hydrogen-bond acceptors (Lipinski definition) is 4. The van der Waals surface area contributed by atoms with Crippen molar-refractivity contribution >= 4 is 23.3 Å². The molecule has 5 rings (SSSR count). The lowest BCUT2D eigenvalue weighted by molar-refractivity contribution is -0.106. The Morgan fingerprint density at radius 3 is 2.52 bits per heavy atom. The molecule has 0 spiro atoms. The van der Waals surface area contributed by atoms with Crippen LogP contribution in [-0.2, 0) is 4.79 Å². The molecule has 2 bridgehead atoms. The number of amides is 2. The lowest BCUT2D eigenvalue weighted by atomic mass is 9.75. The summed E-state index contributed by atoms with van der Waals surface area (Å²) >= 11 is 0. The molecule has 3 fully saturated rings. The molecule has 23 heavy (non-hydrogen) atoms. The maximum atomic E-state index is 11.2. The van der Waals surface area contributed by atoms with Crippen LogP contribution in [0.4, 0.5) is 0 Å². The topological polar surface area (TPSA) is 103 Å². The summed E-state index contributed by atoms with van der Waals surface area (Å²) < 4.78 is 5.55. The van der Waals surface area contributed by atoms with Crippen molar-refractivity contribution in [2.24, 2.45) is 17.4 Å². The van der Waals surface area contributed by atoms with Crippen LogP contribution in [0.1, 0.15) is 34.9 Å². The third-order valence-electron chi connectivity index (χ3n) is 4.87. The second-order valence-electron chi connectivity index (χ2n) is 6.15. The molecule has 6 heteroatoms. The summed E-state index contributed by atoms with van der Waals surface area (Å²) in [5.41, 5.74) is 11.5. The monoisotopic (exact) mass is 315 g/mol. The summed E-state index contributed by atoms with van der Waals surface area (Å²) in [6.07, 6.45) is 2.85. The van der Waals surface area contributed by atoms with Gasteiger partial charge in [0.1, 0.15) is 5.58 Å². The Bertz CT molecular complexity index is 717. The number of fused-ring (bicyclic) bond motifs is 4. The van der Waals surface area contributed by atoms with Gasteiger partial charge in [0.15, 0.2) is 5.76 Å². The van der Waals surface area contributed by atoms with Crippen LogP contribution in [0.3, 0.4) is 0 Å². The van der Waals surface area contributed by atoms with Gasteiger partial charge in [-0.25, -0.2) is 0 Å². The first-order valence-corrected chi connectivity index (χ1v) is 7.83. The van der Waals surface area contributed by atoms with Crippen molar-refractivity contribution in [1.82, 2.24) is 4.90 Å². The van der Waals surface area contributed by atoms with E-state index >= 15 is 0 Å². The van der Waals surface area contributed by atoms with E-state index in [2.05, 4.69) is 22.8 Å². The highest BCUT2D eigenvalue weighted by atomic mass is 16.3. The summed E-state index contributed by atoms with van der Waals surface area (Å²) in [6, 6.07) is 8.03. The zero-order valence-electron chi connectivity index (χ0n) is 12.9. The minimum Gasteiger partial charge on any atom is -0.451 e. The number of primary amides is 2. The first kappa shape index (κ1) is 15.6. The van der Waals surface area contributed by atoms with Gasteiger partial charge in [0.05, 0.1) is 0 Å². The molecule has 3 saturated heterocycles. The van der Waals surface area contributed by atoms with Gasteiger partial charge in [0, 0.05) is 11.9 Å². The Balaban J connectivity index is 0.000000485. The van der Waals surface area contributed by atoms with E-state index in [4.69, 9.17) is 14.9 Å². The minimum absolute atomic E-state index is 0.242. The molecule has 3 aliphatic rings. The van der Waals surface area contributed by atoms with E-state index in [1.165, 1.54) is 31.5 Å². The first-order chi connectivity index (χ1) is 11.1. The molecule has 2 amide bonds. The van der Waals surface area contributed by atoms with Crippen molar-refractivity contribution in [3.05, 3.63) is 35.6 Å². The molecule has 122 valence electrons. The standard InChI is InChI=1S/C16H18N2O2.CH3NO/c17-16(19)15-8-12-2-1-11(7-14(12)20-15)13-9-18-5-3-10(13)4-6-18;2-1-3/h1-2,7-8,10,13H,3-6,9H2,(H2,17,19);1H,(H2,2,3)/t13-;/m1./s1.